The Bertz CT molecular complexity index is 560. The Labute approximate surface area is 132 Å². The molecule has 0 atom stereocenters. The van der Waals surface area contributed by atoms with Crippen molar-refractivity contribution in [2.45, 2.75) is 69.9 Å². The molecule has 2 aliphatic carbocycles. The smallest absolute Gasteiger partial charge is 0.404 e. The van der Waals surface area contributed by atoms with Gasteiger partial charge >= 0.3 is 6.09 Å². The zero-order valence-electron chi connectivity index (χ0n) is 13.5. The van der Waals surface area contributed by atoms with Crippen LogP contribution in [-0.4, -0.2) is 23.3 Å². The van der Waals surface area contributed by atoms with Gasteiger partial charge in [0.1, 0.15) is 0 Å². The average molecular weight is 302 g/mol. The van der Waals surface area contributed by atoms with E-state index in [4.69, 9.17) is 5.11 Å². The maximum Gasteiger partial charge on any atom is 0.404 e. The first-order valence-electron chi connectivity index (χ1n) is 8.33. The van der Waals surface area contributed by atoms with Gasteiger partial charge in [-0.1, -0.05) is 19.9 Å². The standard InChI is InChI=1S/C18H26N2O2/c1-18(2)10-9-12-11-15(7-8-16(12)18)19-13-3-5-14(6-4-13)20-17(21)22/h7-8,11,13-14,19-20H,3-6,9-10H2,1-2H3,(H,21,22). The average Bonchev–Trinajstić information content (AvgIpc) is 2.76. The molecule has 120 valence electrons. The Morgan fingerprint density at radius 3 is 2.55 bits per heavy atom. The molecule has 2 aliphatic rings. The highest BCUT2D eigenvalue weighted by molar-refractivity contribution is 5.64. The van der Waals surface area contributed by atoms with Crippen molar-refractivity contribution in [3.63, 3.8) is 0 Å². The third kappa shape index (κ3) is 3.21. The van der Waals surface area contributed by atoms with Gasteiger partial charge < -0.3 is 15.7 Å². The van der Waals surface area contributed by atoms with E-state index in [0.29, 0.717) is 11.5 Å². The molecule has 0 aliphatic heterocycles. The first-order chi connectivity index (χ1) is 10.4. The third-order valence-corrected chi connectivity index (χ3v) is 5.28. The van der Waals surface area contributed by atoms with Crippen LogP contribution >= 0.6 is 0 Å². The Hall–Kier alpha value is -1.71. The van der Waals surface area contributed by atoms with E-state index in [-0.39, 0.29) is 6.04 Å². The van der Waals surface area contributed by atoms with Crippen LogP contribution < -0.4 is 10.6 Å². The first kappa shape index (κ1) is 15.2. The molecule has 1 saturated carbocycles. The third-order valence-electron chi connectivity index (χ3n) is 5.28. The molecule has 4 nitrogen and oxygen atoms in total. The summed E-state index contributed by atoms with van der Waals surface area (Å²) in [6, 6.07) is 7.37. The summed E-state index contributed by atoms with van der Waals surface area (Å²) >= 11 is 0. The minimum Gasteiger partial charge on any atom is -0.465 e. The van der Waals surface area contributed by atoms with Gasteiger partial charge in [0.15, 0.2) is 0 Å². The minimum atomic E-state index is -0.905. The quantitative estimate of drug-likeness (QED) is 0.793. The molecule has 0 radical (unpaired) electrons. The second kappa shape index (κ2) is 5.82. The molecule has 22 heavy (non-hydrogen) atoms. The Kier molecular flexibility index (Phi) is 4.02. The van der Waals surface area contributed by atoms with E-state index in [1.807, 2.05) is 0 Å². The number of fused-ring (bicyclic) bond motifs is 1. The van der Waals surface area contributed by atoms with E-state index in [9.17, 15) is 4.79 Å². The molecule has 0 spiro atoms. The fourth-order valence-electron chi connectivity index (χ4n) is 3.92. The van der Waals surface area contributed by atoms with E-state index >= 15 is 0 Å². The van der Waals surface area contributed by atoms with Crippen molar-refractivity contribution < 1.29 is 9.90 Å². The zero-order chi connectivity index (χ0) is 15.7. The van der Waals surface area contributed by atoms with Crippen molar-refractivity contribution in [3.8, 4) is 0 Å². The summed E-state index contributed by atoms with van der Waals surface area (Å²) in [6.45, 7) is 4.64. The SMILES string of the molecule is CC1(C)CCc2cc(NC3CCC(NC(=O)O)CC3)ccc21. The Morgan fingerprint density at radius 2 is 1.86 bits per heavy atom. The number of carboxylic acid groups (broad SMARTS) is 1. The molecule has 3 N–H and O–H groups in total. The lowest BCUT2D eigenvalue weighted by Gasteiger charge is -2.30. The molecule has 3 rings (SSSR count). The molecule has 1 amide bonds. The predicted molar refractivity (Wildman–Crippen MR) is 88.6 cm³/mol. The number of benzene rings is 1. The normalized spacial score (nSPS) is 26.3. The summed E-state index contributed by atoms with van der Waals surface area (Å²) in [6.07, 6.45) is 5.38. The minimum absolute atomic E-state index is 0.122. The summed E-state index contributed by atoms with van der Waals surface area (Å²) in [4.78, 5) is 10.7. The van der Waals surface area contributed by atoms with Crippen LogP contribution in [0.2, 0.25) is 0 Å². The molecule has 1 aromatic carbocycles. The van der Waals surface area contributed by atoms with Crippen LogP contribution in [0, 0.1) is 0 Å². The van der Waals surface area contributed by atoms with Gasteiger partial charge in [-0.3, -0.25) is 0 Å². The van der Waals surface area contributed by atoms with Crippen LogP contribution in [0.3, 0.4) is 0 Å². The van der Waals surface area contributed by atoms with Crippen LogP contribution in [0.5, 0.6) is 0 Å². The van der Waals surface area contributed by atoms with E-state index in [2.05, 4.69) is 42.7 Å². The number of carbonyl (C=O) groups is 1. The van der Waals surface area contributed by atoms with Crippen molar-refractivity contribution >= 4 is 11.8 Å². The molecular formula is C18H26N2O2. The second-order valence-corrected chi connectivity index (χ2v) is 7.40. The number of nitrogens with one attached hydrogen (secondary N) is 2. The van der Waals surface area contributed by atoms with E-state index in [1.165, 1.54) is 29.7 Å². The van der Waals surface area contributed by atoms with Crippen LogP contribution in [0.15, 0.2) is 18.2 Å². The molecular weight excluding hydrogens is 276 g/mol. The molecule has 1 fully saturated rings. The molecule has 0 bridgehead atoms. The lowest BCUT2D eigenvalue weighted by Crippen LogP contribution is -2.39. The highest BCUT2D eigenvalue weighted by Crippen LogP contribution is 2.39. The molecule has 0 saturated heterocycles. The fourth-order valence-corrected chi connectivity index (χ4v) is 3.92. The summed E-state index contributed by atoms with van der Waals surface area (Å²) in [5.74, 6) is 0. The van der Waals surface area contributed by atoms with Gasteiger partial charge in [0, 0.05) is 17.8 Å². The number of hydrogen-bond acceptors (Lipinski definition) is 2. The summed E-state index contributed by atoms with van der Waals surface area (Å²) in [5.41, 5.74) is 4.50. The number of rotatable bonds is 3. The molecule has 0 unspecified atom stereocenters. The number of aryl methyl sites for hydroxylation is 1. The van der Waals surface area contributed by atoms with Gasteiger partial charge in [-0.05, 0) is 67.2 Å². The van der Waals surface area contributed by atoms with E-state index < -0.39 is 6.09 Å². The molecule has 0 aromatic heterocycles. The number of hydrogen-bond donors (Lipinski definition) is 3. The lowest BCUT2D eigenvalue weighted by molar-refractivity contribution is 0.185. The highest BCUT2D eigenvalue weighted by atomic mass is 16.4. The summed E-state index contributed by atoms with van der Waals surface area (Å²) in [7, 11) is 0. The number of anilines is 1. The maximum atomic E-state index is 10.7. The van der Waals surface area contributed by atoms with Gasteiger partial charge in [0.2, 0.25) is 0 Å². The van der Waals surface area contributed by atoms with Gasteiger partial charge in [0.25, 0.3) is 0 Å². The second-order valence-electron chi connectivity index (χ2n) is 7.40. The van der Waals surface area contributed by atoms with Gasteiger partial charge in [0.05, 0.1) is 0 Å². The van der Waals surface area contributed by atoms with Crippen molar-refractivity contribution in [3.05, 3.63) is 29.3 Å². The van der Waals surface area contributed by atoms with E-state index in [0.717, 1.165) is 25.7 Å². The summed E-state index contributed by atoms with van der Waals surface area (Å²) < 4.78 is 0. The fraction of sp³-hybridized carbons (Fsp3) is 0.611. The lowest BCUT2D eigenvalue weighted by atomic mass is 9.86. The van der Waals surface area contributed by atoms with E-state index in [1.54, 1.807) is 0 Å². The molecule has 0 heterocycles. The Morgan fingerprint density at radius 1 is 1.18 bits per heavy atom. The monoisotopic (exact) mass is 302 g/mol. The van der Waals surface area contributed by atoms with Crippen LogP contribution in [-0.2, 0) is 11.8 Å². The van der Waals surface area contributed by atoms with Crippen molar-refractivity contribution in [2.75, 3.05) is 5.32 Å². The van der Waals surface area contributed by atoms with Crippen molar-refractivity contribution in [2.24, 2.45) is 0 Å². The summed E-state index contributed by atoms with van der Waals surface area (Å²) in [5, 5.41) is 15.0. The van der Waals surface area contributed by atoms with Crippen LogP contribution in [0.4, 0.5) is 10.5 Å². The molecule has 4 heteroatoms. The number of amides is 1. The maximum absolute atomic E-state index is 10.7. The van der Waals surface area contributed by atoms with Crippen LogP contribution in [0.1, 0.15) is 57.1 Å². The van der Waals surface area contributed by atoms with Crippen molar-refractivity contribution in [1.82, 2.24) is 5.32 Å². The predicted octanol–water partition coefficient (Wildman–Crippen LogP) is 3.90. The Balaban J connectivity index is 1.58. The zero-order valence-corrected chi connectivity index (χ0v) is 13.5. The van der Waals surface area contributed by atoms with Gasteiger partial charge in [-0.25, -0.2) is 4.79 Å². The topological polar surface area (TPSA) is 61.4 Å². The van der Waals surface area contributed by atoms with Crippen LogP contribution in [0.25, 0.3) is 0 Å². The van der Waals surface area contributed by atoms with Crippen molar-refractivity contribution in [1.29, 1.82) is 0 Å². The highest BCUT2D eigenvalue weighted by Gasteiger charge is 2.29. The largest absolute Gasteiger partial charge is 0.465 e. The first-order valence-corrected chi connectivity index (χ1v) is 8.33. The van der Waals surface area contributed by atoms with Gasteiger partial charge in [-0.2, -0.15) is 0 Å². The molecule has 1 aromatic rings. The van der Waals surface area contributed by atoms with Gasteiger partial charge in [-0.15, -0.1) is 0 Å².